The van der Waals surface area contributed by atoms with Crippen LogP contribution in [0.25, 0.3) is 0 Å². The minimum absolute atomic E-state index is 0.612. The van der Waals surface area contributed by atoms with Crippen LogP contribution in [0.4, 0.5) is 0 Å². The average Bonchev–Trinajstić information content (AvgIpc) is 2.38. The number of carbonyl (C=O) groups excluding carboxylic acids is 4. The molecule has 0 N–H and O–H groups in total. The highest BCUT2D eigenvalue weighted by molar-refractivity contribution is 5.69. The number of ether oxygens (including phenoxy) is 4. The smallest absolute Gasteiger partial charge is 0.303 e. The van der Waals surface area contributed by atoms with Crippen LogP contribution in [0.15, 0.2) is 12.7 Å². The normalized spacial score (nSPS) is 15.3. The lowest BCUT2D eigenvalue weighted by atomic mass is 10.0. The molecule has 130 valence electrons. The van der Waals surface area contributed by atoms with E-state index in [9.17, 15) is 19.2 Å². The highest BCUT2D eigenvalue weighted by Crippen LogP contribution is 2.19. The maximum Gasteiger partial charge on any atom is 0.303 e. The zero-order chi connectivity index (χ0) is 18.2. The van der Waals surface area contributed by atoms with Gasteiger partial charge >= 0.3 is 23.9 Å². The molecule has 0 aromatic heterocycles. The fraction of sp³-hybridized carbons (Fsp3) is 0.600. The van der Waals surface area contributed by atoms with Crippen LogP contribution in [0.5, 0.6) is 0 Å². The lowest BCUT2D eigenvalue weighted by molar-refractivity contribution is -0.192. The summed E-state index contributed by atoms with van der Waals surface area (Å²) in [6, 6.07) is 0. The van der Waals surface area contributed by atoms with Gasteiger partial charge in [-0.25, -0.2) is 0 Å². The highest BCUT2D eigenvalue weighted by atomic mass is 16.6. The molecular weight excluding hydrogens is 308 g/mol. The molecule has 0 aromatic rings. The fourth-order valence-electron chi connectivity index (χ4n) is 1.90. The summed E-state index contributed by atoms with van der Waals surface area (Å²) >= 11 is 0. The molecule has 0 saturated carbocycles. The zero-order valence-electron chi connectivity index (χ0n) is 13.9. The van der Waals surface area contributed by atoms with Gasteiger partial charge in [-0.15, -0.1) is 0 Å². The van der Waals surface area contributed by atoms with Gasteiger partial charge in [-0.05, 0) is 13.0 Å². The van der Waals surface area contributed by atoms with E-state index in [0.717, 1.165) is 20.8 Å². The van der Waals surface area contributed by atoms with E-state index in [4.69, 9.17) is 18.9 Å². The van der Waals surface area contributed by atoms with Gasteiger partial charge in [0.15, 0.2) is 18.3 Å². The fourth-order valence-corrected chi connectivity index (χ4v) is 1.90. The van der Waals surface area contributed by atoms with Crippen molar-refractivity contribution in [2.45, 2.75) is 59.0 Å². The molecule has 0 radical (unpaired) electrons. The second-order valence-electron chi connectivity index (χ2n) is 4.77. The molecule has 0 aromatic carbocycles. The first kappa shape index (κ1) is 20.6. The Morgan fingerprint density at radius 2 is 1.13 bits per heavy atom. The van der Waals surface area contributed by atoms with Crippen molar-refractivity contribution in [1.82, 2.24) is 0 Å². The van der Waals surface area contributed by atoms with E-state index in [2.05, 4.69) is 6.58 Å². The van der Waals surface area contributed by atoms with Crippen LogP contribution >= 0.6 is 0 Å². The second-order valence-corrected chi connectivity index (χ2v) is 4.77. The van der Waals surface area contributed by atoms with Crippen molar-refractivity contribution in [2.75, 3.05) is 0 Å². The largest absolute Gasteiger partial charge is 0.459 e. The van der Waals surface area contributed by atoms with Crippen molar-refractivity contribution in [3.63, 3.8) is 0 Å². The Bertz CT molecular complexity index is 470. The Balaban J connectivity index is 5.62. The molecule has 0 heterocycles. The van der Waals surface area contributed by atoms with Gasteiger partial charge in [0.05, 0.1) is 0 Å². The molecule has 0 aliphatic rings. The first-order valence-electron chi connectivity index (χ1n) is 6.89. The van der Waals surface area contributed by atoms with E-state index in [0.29, 0.717) is 0 Å². The molecule has 0 bridgehead atoms. The van der Waals surface area contributed by atoms with E-state index >= 15 is 0 Å². The Labute approximate surface area is 134 Å². The molecule has 0 unspecified atom stereocenters. The molecule has 4 atom stereocenters. The highest BCUT2D eigenvalue weighted by Gasteiger charge is 2.40. The zero-order valence-corrected chi connectivity index (χ0v) is 13.9. The Hall–Kier alpha value is -2.38. The molecular formula is C15H22O8. The first-order valence-corrected chi connectivity index (χ1v) is 6.89. The van der Waals surface area contributed by atoms with Crippen LogP contribution in [0.3, 0.4) is 0 Å². The summed E-state index contributed by atoms with van der Waals surface area (Å²) in [7, 11) is 0. The third-order valence-corrected chi connectivity index (χ3v) is 2.60. The van der Waals surface area contributed by atoms with E-state index < -0.39 is 48.3 Å². The number of hydrogen-bond acceptors (Lipinski definition) is 8. The van der Waals surface area contributed by atoms with Gasteiger partial charge in [0, 0.05) is 27.7 Å². The average molecular weight is 330 g/mol. The molecule has 0 aliphatic carbocycles. The summed E-state index contributed by atoms with van der Waals surface area (Å²) in [6.07, 6.45) is -3.20. The summed E-state index contributed by atoms with van der Waals surface area (Å²) in [5.41, 5.74) is 0. The maximum absolute atomic E-state index is 11.4. The van der Waals surface area contributed by atoms with E-state index in [1.165, 1.54) is 19.9 Å². The molecule has 0 saturated heterocycles. The predicted molar refractivity (Wildman–Crippen MR) is 78.1 cm³/mol. The summed E-state index contributed by atoms with van der Waals surface area (Å²) in [5.74, 6) is -2.63. The molecule has 0 amide bonds. The van der Waals surface area contributed by atoms with Gasteiger partial charge in [0.25, 0.3) is 0 Å². The molecule has 0 spiro atoms. The topological polar surface area (TPSA) is 105 Å². The summed E-state index contributed by atoms with van der Waals surface area (Å²) < 4.78 is 20.2. The van der Waals surface area contributed by atoms with E-state index in [1.54, 1.807) is 0 Å². The van der Waals surface area contributed by atoms with Crippen LogP contribution in [0.2, 0.25) is 0 Å². The summed E-state index contributed by atoms with van der Waals surface area (Å²) in [4.78, 5) is 45.0. The van der Waals surface area contributed by atoms with Crippen LogP contribution in [0.1, 0.15) is 34.6 Å². The maximum atomic E-state index is 11.4. The predicted octanol–water partition coefficient (Wildman–Crippen LogP) is 0.919. The van der Waals surface area contributed by atoms with E-state index in [-0.39, 0.29) is 0 Å². The summed E-state index contributed by atoms with van der Waals surface area (Å²) in [6.45, 7) is 9.60. The number of hydrogen-bond donors (Lipinski definition) is 0. The van der Waals surface area contributed by atoms with Crippen molar-refractivity contribution < 1.29 is 38.1 Å². The minimum atomic E-state index is -1.22. The van der Waals surface area contributed by atoms with Gasteiger partial charge in [0.1, 0.15) is 6.10 Å². The third-order valence-electron chi connectivity index (χ3n) is 2.60. The lowest BCUT2D eigenvalue weighted by Gasteiger charge is -2.33. The number of esters is 4. The number of carbonyl (C=O) groups is 4. The molecule has 0 fully saturated rings. The Morgan fingerprint density at radius 1 is 0.739 bits per heavy atom. The molecule has 0 aliphatic heterocycles. The molecule has 23 heavy (non-hydrogen) atoms. The van der Waals surface area contributed by atoms with Crippen LogP contribution in [-0.4, -0.2) is 48.3 Å². The van der Waals surface area contributed by atoms with Gasteiger partial charge in [-0.1, -0.05) is 6.58 Å². The molecule has 8 nitrogen and oxygen atoms in total. The van der Waals surface area contributed by atoms with Gasteiger partial charge in [-0.2, -0.15) is 0 Å². The Kier molecular flexibility index (Phi) is 8.61. The second kappa shape index (κ2) is 9.60. The quantitative estimate of drug-likeness (QED) is 0.367. The number of rotatable bonds is 8. The van der Waals surface area contributed by atoms with Crippen molar-refractivity contribution in [3.05, 3.63) is 12.7 Å². The monoisotopic (exact) mass is 330 g/mol. The van der Waals surface area contributed by atoms with Gasteiger partial charge < -0.3 is 18.9 Å². The third kappa shape index (κ3) is 7.98. The standard InChI is InChI=1S/C15H22O8/c1-7-13(21-10(4)17)15(23-12(6)19)14(22-11(5)18)8(2)20-9(3)16/h7-8,13-15H,1H2,2-6H3/t8-,13+,14-,15-/m1/s1. The molecule has 8 heteroatoms. The van der Waals surface area contributed by atoms with Crippen LogP contribution in [-0.2, 0) is 38.1 Å². The SMILES string of the molecule is C=C[C@H](OC(C)=O)[C@@H](OC(C)=O)[C@H](OC(C)=O)[C@@H](C)OC(C)=O. The van der Waals surface area contributed by atoms with Crippen molar-refractivity contribution in [3.8, 4) is 0 Å². The van der Waals surface area contributed by atoms with Crippen molar-refractivity contribution >= 4 is 23.9 Å². The first-order chi connectivity index (χ1) is 10.6. The summed E-state index contributed by atoms with van der Waals surface area (Å²) in [5, 5.41) is 0. The van der Waals surface area contributed by atoms with Crippen molar-refractivity contribution in [2.24, 2.45) is 0 Å². The van der Waals surface area contributed by atoms with E-state index in [1.807, 2.05) is 0 Å². The van der Waals surface area contributed by atoms with Crippen LogP contribution in [0, 0.1) is 0 Å². The van der Waals surface area contributed by atoms with Gasteiger partial charge in [0.2, 0.25) is 0 Å². The minimum Gasteiger partial charge on any atom is -0.459 e. The van der Waals surface area contributed by atoms with Gasteiger partial charge in [-0.3, -0.25) is 19.2 Å². The lowest BCUT2D eigenvalue weighted by Crippen LogP contribution is -2.50. The Morgan fingerprint density at radius 3 is 1.48 bits per heavy atom. The van der Waals surface area contributed by atoms with Crippen molar-refractivity contribution in [1.29, 1.82) is 0 Å². The molecule has 0 rings (SSSR count). The van der Waals surface area contributed by atoms with Crippen LogP contribution < -0.4 is 0 Å².